The number of hydrogen-bond acceptors (Lipinski definition) is 11. The van der Waals surface area contributed by atoms with Gasteiger partial charge in [0, 0.05) is 73.5 Å². The van der Waals surface area contributed by atoms with Crippen LogP contribution in [-0.4, -0.2) is 92.7 Å². The number of guanidine groups is 1. The van der Waals surface area contributed by atoms with E-state index in [9.17, 15) is 34.1 Å². The highest BCUT2D eigenvalue weighted by Gasteiger charge is 2.32. The van der Waals surface area contributed by atoms with Gasteiger partial charge in [0.1, 0.15) is 31.3 Å². The molecule has 2 heterocycles. The number of para-hydroxylation sites is 1. The number of nitrogens with zero attached hydrogens (tertiary/aromatic N) is 3. The number of benzene rings is 4. The number of esters is 1. The third kappa shape index (κ3) is 15.1. The van der Waals surface area contributed by atoms with Gasteiger partial charge in [0.25, 0.3) is 5.69 Å². The molecule has 6 aromatic rings. The van der Waals surface area contributed by atoms with Crippen LogP contribution in [0.25, 0.3) is 10.9 Å². The molecule has 2 aromatic heterocycles. The molecule has 0 radical (unpaired) electrons. The monoisotopic (exact) mass is 926 g/mol. The normalized spacial score (nSPS) is 12.7. The molecule has 0 aliphatic carbocycles. The van der Waals surface area contributed by atoms with E-state index in [0.717, 1.165) is 22.0 Å². The molecule has 4 aromatic carbocycles. The van der Waals surface area contributed by atoms with E-state index in [-0.39, 0.29) is 56.9 Å². The lowest BCUT2D eigenvalue weighted by Gasteiger charge is -2.27. The second-order valence-electron chi connectivity index (χ2n) is 15.9. The molecule has 0 spiro atoms. The minimum Gasteiger partial charge on any atom is -0.460 e. The van der Waals surface area contributed by atoms with Crippen molar-refractivity contribution in [2.45, 2.75) is 69.4 Å². The van der Waals surface area contributed by atoms with Gasteiger partial charge < -0.3 is 52.8 Å². The maximum absolute atomic E-state index is 14.5. The zero-order valence-electron chi connectivity index (χ0n) is 37.1. The quantitative estimate of drug-likeness (QED) is 0.00999. The van der Waals surface area contributed by atoms with E-state index < -0.39 is 65.2 Å². The summed E-state index contributed by atoms with van der Waals surface area (Å²) in [6, 6.07) is 27.0. The zero-order valence-corrected chi connectivity index (χ0v) is 37.1. The second kappa shape index (κ2) is 24.8. The number of aromatic nitrogens is 3. The predicted molar refractivity (Wildman–Crippen MR) is 253 cm³/mol. The molecule has 0 saturated heterocycles. The summed E-state index contributed by atoms with van der Waals surface area (Å²) < 4.78 is 5.29. The minimum atomic E-state index is -1.26. The molecule has 0 unspecified atom stereocenters. The fourth-order valence-electron chi connectivity index (χ4n) is 7.30. The van der Waals surface area contributed by atoms with Gasteiger partial charge in [-0.3, -0.25) is 39.1 Å². The van der Waals surface area contributed by atoms with Gasteiger partial charge in [-0.15, -0.1) is 0 Å². The molecule has 6 rings (SSSR count). The predicted octanol–water partition coefficient (Wildman–Crippen LogP) is 2.35. The Morgan fingerprint density at radius 3 is 2.01 bits per heavy atom. The largest absolute Gasteiger partial charge is 0.460 e. The number of amides is 4. The Balaban J connectivity index is 1.20. The van der Waals surface area contributed by atoms with Crippen LogP contribution in [0.1, 0.15) is 40.8 Å². The maximum Gasteiger partial charge on any atom is 0.325 e. The number of non-ortho nitro benzene ring substituents is 1. The number of carbonyl (C=O) groups excluding carboxylic acids is 5. The Hall–Kier alpha value is -8.39. The van der Waals surface area contributed by atoms with Gasteiger partial charge in [-0.25, -0.2) is 4.98 Å². The van der Waals surface area contributed by atoms with Crippen LogP contribution < -0.4 is 38.1 Å². The van der Waals surface area contributed by atoms with Gasteiger partial charge in [-0.05, 0) is 53.3 Å². The van der Waals surface area contributed by atoms with Crippen LogP contribution >= 0.6 is 0 Å². The number of imidazole rings is 1. The van der Waals surface area contributed by atoms with Crippen LogP contribution in [0.4, 0.5) is 5.69 Å². The van der Waals surface area contributed by atoms with Crippen LogP contribution in [0, 0.1) is 10.1 Å². The summed E-state index contributed by atoms with van der Waals surface area (Å²) in [5.74, 6) is -3.54. The molecule has 20 heteroatoms. The summed E-state index contributed by atoms with van der Waals surface area (Å²) in [5.41, 5.74) is 15.4. The number of nitro benzene ring substituents is 1. The Kier molecular flexibility index (Phi) is 17.9. The van der Waals surface area contributed by atoms with E-state index in [2.05, 4.69) is 46.5 Å². The third-order valence-electron chi connectivity index (χ3n) is 10.9. The lowest BCUT2D eigenvalue weighted by molar-refractivity contribution is -0.384. The van der Waals surface area contributed by atoms with Gasteiger partial charge in [-0.1, -0.05) is 78.9 Å². The van der Waals surface area contributed by atoms with Crippen LogP contribution in [0.2, 0.25) is 0 Å². The number of aromatic amines is 2. The number of H-pyrrole nitrogens is 2. The zero-order chi connectivity index (χ0) is 48.3. The molecule has 0 aliphatic heterocycles. The van der Waals surface area contributed by atoms with E-state index in [1.807, 2.05) is 84.9 Å². The van der Waals surface area contributed by atoms with E-state index in [4.69, 9.17) is 16.2 Å². The first-order valence-electron chi connectivity index (χ1n) is 21.9. The van der Waals surface area contributed by atoms with Crippen LogP contribution in [0.5, 0.6) is 0 Å². The standard InChI is InChI=1S/C48H54N12O8/c49-48(50)52-21-9-16-39(57-47(65)41(22-31-10-3-1-4-11-31)58-46(64)40(24-35-27-51-30-56-35)53-25-32-12-5-2-6-13-32)45(63)59-42(23-34-26-54-38-15-8-7-14-37(34)38)44(62)55-28-43(61)68-29-33-17-19-36(20-18-33)60(66)67/h1-8,10-15,17-20,26-27,30,39-42,53-54H,9,16,21-25,28-29H2,(H,51,56)(H,55,62)(H,57,65)(H,58,64)(H,59,63)(H4,49,50,52)/t39-,40-,41-,42-/m0/s1. The van der Waals surface area contributed by atoms with Gasteiger partial charge in [0.2, 0.25) is 23.6 Å². The highest BCUT2D eigenvalue weighted by atomic mass is 16.6. The Morgan fingerprint density at radius 1 is 0.706 bits per heavy atom. The first-order valence-corrected chi connectivity index (χ1v) is 21.9. The molecule has 0 saturated carbocycles. The first-order chi connectivity index (χ1) is 32.9. The fourth-order valence-corrected chi connectivity index (χ4v) is 7.30. The lowest BCUT2D eigenvalue weighted by atomic mass is 10.0. The van der Waals surface area contributed by atoms with E-state index in [1.54, 1.807) is 12.4 Å². The molecular weight excluding hydrogens is 873 g/mol. The second-order valence-corrected chi connectivity index (χ2v) is 15.9. The summed E-state index contributed by atoms with van der Waals surface area (Å²) in [5, 5.41) is 26.2. The van der Waals surface area contributed by atoms with Crippen molar-refractivity contribution in [1.82, 2.24) is 41.5 Å². The number of carbonyl (C=O) groups is 5. The third-order valence-corrected chi connectivity index (χ3v) is 10.9. The van der Waals surface area contributed by atoms with Crippen molar-refractivity contribution in [3.63, 3.8) is 0 Å². The number of ether oxygens (including phenoxy) is 1. The molecule has 0 aliphatic rings. The Labute approximate surface area is 391 Å². The summed E-state index contributed by atoms with van der Waals surface area (Å²) >= 11 is 0. The molecule has 11 N–H and O–H groups in total. The van der Waals surface area contributed by atoms with Gasteiger partial charge in [0.05, 0.1) is 17.3 Å². The van der Waals surface area contributed by atoms with Crippen molar-refractivity contribution in [1.29, 1.82) is 0 Å². The van der Waals surface area contributed by atoms with Crippen molar-refractivity contribution in [3.8, 4) is 0 Å². The van der Waals surface area contributed by atoms with Crippen molar-refractivity contribution < 1.29 is 33.6 Å². The summed E-state index contributed by atoms with van der Waals surface area (Å²) in [6.07, 6.45) is 5.39. The molecule has 4 amide bonds. The van der Waals surface area contributed by atoms with Gasteiger partial charge >= 0.3 is 5.97 Å². The van der Waals surface area contributed by atoms with Crippen molar-refractivity contribution in [3.05, 3.63) is 166 Å². The fraction of sp³-hybridized carbons (Fsp3) is 0.271. The first kappa shape index (κ1) is 49.1. The van der Waals surface area contributed by atoms with E-state index >= 15 is 0 Å². The molecule has 0 bridgehead atoms. The smallest absolute Gasteiger partial charge is 0.325 e. The summed E-state index contributed by atoms with van der Waals surface area (Å²) in [6.45, 7) is -0.287. The van der Waals surface area contributed by atoms with Crippen molar-refractivity contribution in [2.75, 3.05) is 13.1 Å². The molecule has 354 valence electrons. The molecular formula is C48H54N12O8. The number of hydrogen-bond donors (Lipinski definition) is 9. The SMILES string of the molecule is NC(N)=NCCC[C@H](NC(=O)[C@H](Cc1ccccc1)NC(=O)[C@H](Cc1cnc[nH]1)NCc1ccccc1)C(=O)N[C@@H](Cc1c[nH]c2ccccc12)C(=O)NCC(=O)OCc1ccc([N+](=O)[O-])cc1. The molecule has 20 nitrogen and oxygen atoms in total. The van der Waals surface area contributed by atoms with Crippen LogP contribution in [-0.2, 0) is 61.1 Å². The molecule has 0 fully saturated rings. The Bertz CT molecular complexity index is 2640. The van der Waals surface area contributed by atoms with Gasteiger partial charge in [-0.2, -0.15) is 0 Å². The number of fused-ring (bicyclic) bond motifs is 1. The maximum atomic E-state index is 14.5. The number of nitrogens with one attached hydrogen (secondary N) is 7. The number of nitro groups is 1. The summed E-state index contributed by atoms with van der Waals surface area (Å²) in [4.78, 5) is 94.7. The number of nitrogens with two attached hydrogens (primary N) is 2. The number of rotatable bonds is 25. The van der Waals surface area contributed by atoms with E-state index in [1.165, 1.54) is 30.6 Å². The minimum absolute atomic E-state index is 0.0194. The van der Waals surface area contributed by atoms with Crippen LogP contribution in [0.3, 0.4) is 0 Å². The topological polar surface area (TPSA) is 307 Å². The average Bonchev–Trinajstić information content (AvgIpc) is 4.02. The highest BCUT2D eigenvalue weighted by molar-refractivity contribution is 5.96. The Morgan fingerprint density at radius 2 is 1.34 bits per heavy atom. The highest BCUT2D eigenvalue weighted by Crippen LogP contribution is 2.20. The number of aliphatic imine (C=N–C) groups is 1. The molecule has 4 atom stereocenters. The average molecular weight is 927 g/mol. The van der Waals surface area contributed by atoms with E-state index in [0.29, 0.717) is 23.4 Å². The molecule has 68 heavy (non-hydrogen) atoms. The van der Waals surface area contributed by atoms with Crippen LogP contribution in [0.15, 0.2) is 133 Å². The lowest BCUT2D eigenvalue weighted by Crippen LogP contribution is -2.59. The van der Waals surface area contributed by atoms with Crippen molar-refractivity contribution in [2.24, 2.45) is 16.5 Å². The summed E-state index contributed by atoms with van der Waals surface area (Å²) in [7, 11) is 0. The van der Waals surface area contributed by atoms with Crippen molar-refractivity contribution >= 4 is 52.1 Å². The van der Waals surface area contributed by atoms with Gasteiger partial charge in [0.15, 0.2) is 5.96 Å².